The van der Waals surface area contributed by atoms with Crippen molar-refractivity contribution in [2.45, 2.75) is 6.42 Å². The molecule has 0 bridgehead atoms. The minimum Gasteiger partial charge on any atom is -0.493 e. The van der Waals surface area contributed by atoms with Gasteiger partial charge in [0.2, 0.25) is 0 Å². The van der Waals surface area contributed by atoms with Gasteiger partial charge in [-0.25, -0.2) is 0 Å². The van der Waals surface area contributed by atoms with Crippen LogP contribution in [0.5, 0.6) is 5.75 Å². The molecule has 0 saturated carbocycles. The number of aliphatic hydroxyl groups is 1. The van der Waals surface area contributed by atoms with E-state index in [1.165, 1.54) is 5.57 Å². The zero-order valence-electron chi connectivity index (χ0n) is 7.36. The molecule has 1 aromatic rings. The number of para-hydroxylation sites is 1. The Labute approximate surface area is 77.5 Å². The van der Waals surface area contributed by atoms with Gasteiger partial charge in [0.25, 0.3) is 0 Å². The summed E-state index contributed by atoms with van der Waals surface area (Å²) in [4.78, 5) is 0. The molecule has 0 atom stereocenters. The van der Waals surface area contributed by atoms with Crippen LogP contribution in [0.2, 0.25) is 0 Å². The van der Waals surface area contributed by atoms with E-state index in [1.54, 1.807) is 0 Å². The average Bonchev–Trinajstić information content (AvgIpc) is 2.19. The second-order valence-corrected chi connectivity index (χ2v) is 3.01. The Morgan fingerprint density at radius 1 is 1.38 bits per heavy atom. The van der Waals surface area contributed by atoms with Gasteiger partial charge in [-0.2, -0.15) is 0 Å². The van der Waals surface area contributed by atoms with Crippen molar-refractivity contribution in [2.75, 3.05) is 13.2 Å². The lowest BCUT2D eigenvalue weighted by Crippen LogP contribution is -2.07. The highest BCUT2D eigenvalue weighted by Crippen LogP contribution is 2.31. The van der Waals surface area contributed by atoms with E-state index in [9.17, 15) is 0 Å². The van der Waals surface area contributed by atoms with Crippen LogP contribution in [0.1, 0.15) is 12.0 Å². The topological polar surface area (TPSA) is 29.5 Å². The molecule has 0 amide bonds. The average molecular weight is 176 g/mol. The Morgan fingerprint density at radius 2 is 2.23 bits per heavy atom. The molecule has 0 unspecified atom stereocenters. The second-order valence-electron chi connectivity index (χ2n) is 3.01. The first-order chi connectivity index (χ1) is 6.42. The van der Waals surface area contributed by atoms with Gasteiger partial charge < -0.3 is 9.84 Å². The molecule has 1 aliphatic rings. The molecule has 2 heteroatoms. The third kappa shape index (κ3) is 1.58. The quantitative estimate of drug-likeness (QED) is 0.707. The number of ether oxygens (including phenoxy) is 1. The van der Waals surface area contributed by atoms with Crippen molar-refractivity contribution in [3.63, 3.8) is 0 Å². The standard InChI is InChI=1S/C11H12O2/c12-7-5-9-6-8-13-11-4-2-1-3-10(9)11/h1-5,12H,6-8H2/b9-5+. The maximum atomic E-state index is 8.83. The molecular weight excluding hydrogens is 164 g/mol. The van der Waals surface area contributed by atoms with Crippen LogP contribution in [-0.4, -0.2) is 18.3 Å². The normalized spacial score (nSPS) is 18.1. The molecule has 1 N–H and O–H groups in total. The Balaban J connectivity index is 2.42. The van der Waals surface area contributed by atoms with Crippen molar-refractivity contribution in [1.29, 1.82) is 0 Å². The van der Waals surface area contributed by atoms with Gasteiger partial charge in [-0.15, -0.1) is 0 Å². The van der Waals surface area contributed by atoms with Crippen LogP contribution in [0, 0.1) is 0 Å². The fourth-order valence-corrected chi connectivity index (χ4v) is 1.59. The smallest absolute Gasteiger partial charge is 0.126 e. The third-order valence-electron chi connectivity index (χ3n) is 2.20. The van der Waals surface area contributed by atoms with Crippen LogP contribution in [0.15, 0.2) is 30.3 Å². The maximum Gasteiger partial charge on any atom is 0.126 e. The van der Waals surface area contributed by atoms with Crippen LogP contribution in [0.4, 0.5) is 0 Å². The number of fused-ring (bicyclic) bond motifs is 1. The summed E-state index contributed by atoms with van der Waals surface area (Å²) in [5.74, 6) is 0.924. The molecule has 0 saturated heterocycles. The van der Waals surface area contributed by atoms with E-state index in [0.717, 1.165) is 17.7 Å². The first-order valence-electron chi connectivity index (χ1n) is 4.44. The monoisotopic (exact) mass is 176 g/mol. The first kappa shape index (κ1) is 8.32. The molecule has 0 spiro atoms. The van der Waals surface area contributed by atoms with Gasteiger partial charge >= 0.3 is 0 Å². The number of benzene rings is 1. The lowest BCUT2D eigenvalue weighted by molar-refractivity contribution is 0.314. The molecule has 0 aliphatic carbocycles. The molecule has 0 aromatic heterocycles. The second kappa shape index (κ2) is 3.62. The highest BCUT2D eigenvalue weighted by atomic mass is 16.5. The van der Waals surface area contributed by atoms with E-state index >= 15 is 0 Å². The van der Waals surface area contributed by atoms with E-state index in [4.69, 9.17) is 9.84 Å². The largest absolute Gasteiger partial charge is 0.493 e. The molecule has 68 valence electrons. The van der Waals surface area contributed by atoms with Crippen LogP contribution in [0.3, 0.4) is 0 Å². The van der Waals surface area contributed by atoms with E-state index in [-0.39, 0.29) is 6.61 Å². The summed E-state index contributed by atoms with van der Waals surface area (Å²) in [5.41, 5.74) is 2.30. The zero-order valence-corrected chi connectivity index (χ0v) is 7.36. The SMILES string of the molecule is OC/C=C1\CCOc2ccccc21. The number of hydrogen-bond donors (Lipinski definition) is 1. The van der Waals surface area contributed by atoms with Crippen molar-refractivity contribution in [3.05, 3.63) is 35.9 Å². The Kier molecular flexibility index (Phi) is 2.32. The predicted octanol–water partition coefficient (Wildman–Crippen LogP) is 1.84. The summed E-state index contributed by atoms with van der Waals surface area (Å²) in [7, 11) is 0. The predicted molar refractivity (Wildman–Crippen MR) is 51.6 cm³/mol. The third-order valence-corrected chi connectivity index (χ3v) is 2.20. The van der Waals surface area contributed by atoms with Crippen molar-refractivity contribution >= 4 is 5.57 Å². The highest BCUT2D eigenvalue weighted by Gasteiger charge is 2.13. The van der Waals surface area contributed by atoms with Gasteiger partial charge in [-0.1, -0.05) is 24.3 Å². The minimum atomic E-state index is 0.101. The van der Waals surface area contributed by atoms with Crippen LogP contribution in [0.25, 0.3) is 5.57 Å². The summed E-state index contributed by atoms with van der Waals surface area (Å²) >= 11 is 0. The minimum absolute atomic E-state index is 0.101. The lowest BCUT2D eigenvalue weighted by atomic mass is 10.00. The molecule has 2 rings (SSSR count). The molecule has 1 aliphatic heterocycles. The first-order valence-corrected chi connectivity index (χ1v) is 4.44. The van der Waals surface area contributed by atoms with Crippen LogP contribution >= 0.6 is 0 Å². The van der Waals surface area contributed by atoms with Gasteiger partial charge in [0.15, 0.2) is 0 Å². The lowest BCUT2D eigenvalue weighted by Gasteiger charge is -2.19. The van der Waals surface area contributed by atoms with Gasteiger partial charge in [0.1, 0.15) is 5.75 Å². The summed E-state index contributed by atoms with van der Waals surface area (Å²) in [6.07, 6.45) is 2.74. The molecule has 1 heterocycles. The number of rotatable bonds is 1. The van der Waals surface area contributed by atoms with Crippen LogP contribution < -0.4 is 4.74 Å². The van der Waals surface area contributed by atoms with Gasteiger partial charge in [-0.05, 0) is 11.6 Å². The molecule has 0 fully saturated rings. The molecule has 1 aromatic carbocycles. The van der Waals surface area contributed by atoms with E-state index in [2.05, 4.69) is 0 Å². The fourth-order valence-electron chi connectivity index (χ4n) is 1.59. The van der Waals surface area contributed by atoms with Crippen molar-refractivity contribution < 1.29 is 9.84 Å². The highest BCUT2D eigenvalue weighted by molar-refractivity contribution is 5.71. The zero-order chi connectivity index (χ0) is 9.10. The van der Waals surface area contributed by atoms with Crippen LogP contribution in [-0.2, 0) is 0 Å². The summed E-state index contributed by atoms with van der Waals surface area (Å²) in [6.45, 7) is 0.812. The number of aliphatic hydroxyl groups excluding tert-OH is 1. The van der Waals surface area contributed by atoms with Gasteiger partial charge in [-0.3, -0.25) is 0 Å². The van der Waals surface area contributed by atoms with Gasteiger partial charge in [0.05, 0.1) is 13.2 Å². The molecule has 0 radical (unpaired) electrons. The summed E-state index contributed by atoms with van der Waals surface area (Å²) in [5, 5.41) is 8.83. The Hall–Kier alpha value is -1.28. The molecular formula is C11H12O2. The van der Waals surface area contributed by atoms with Crippen molar-refractivity contribution in [2.24, 2.45) is 0 Å². The van der Waals surface area contributed by atoms with E-state index in [1.807, 2.05) is 30.3 Å². The number of hydrogen-bond acceptors (Lipinski definition) is 2. The summed E-state index contributed by atoms with van der Waals surface area (Å²) in [6, 6.07) is 7.93. The fraction of sp³-hybridized carbons (Fsp3) is 0.273. The maximum absolute atomic E-state index is 8.83. The van der Waals surface area contributed by atoms with Gasteiger partial charge in [0, 0.05) is 12.0 Å². The molecule has 13 heavy (non-hydrogen) atoms. The van der Waals surface area contributed by atoms with E-state index in [0.29, 0.717) is 6.61 Å². The van der Waals surface area contributed by atoms with Crippen molar-refractivity contribution in [3.8, 4) is 5.75 Å². The Morgan fingerprint density at radius 3 is 3.08 bits per heavy atom. The van der Waals surface area contributed by atoms with Crippen molar-refractivity contribution in [1.82, 2.24) is 0 Å². The molecule has 2 nitrogen and oxygen atoms in total. The summed E-state index contributed by atoms with van der Waals surface area (Å²) < 4.78 is 5.48. The van der Waals surface area contributed by atoms with E-state index < -0.39 is 0 Å². The Bertz CT molecular complexity index is 329.